The summed E-state index contributed by atoms with van der Waals surface area (Å²) >= 11 is 6.00. The Morgan fingerprint density at radius 2 is 1.87 bits per heavy atom. The number of nitrogens with two attached hydrogens (primary N) is 2. The summed E-state index contributed by atoms with van der Waals surface area (Å²) in [7, 11) is 0. The number of carbonyl (C=O) groups excluding carboxylic acids is 3. The highest BCUT2D eigenvalue weighted by atomic mass is 35.5. The Morgan fingerprint density at radius 1 is 1.23 bits per heavy atom. The first-order chi connectivity index (χ1) is 14.1. The number of benzene rings is 1. The molecule has 0 saturated carbocycles. The van der Waals surface area contributed by atoms with E-state index in [2.05, 4.69) is 6.07 Å². The number of amides is 2. The number of ether oxygens (including phenoxy) is 1. The molecule has 3 rings (SSSR count). The molecular weight excluding hydrogens is 408 g/mol. The Kier molecular flexibility index (Phi) is 5.59. The van der Waals surface area contributed by atoms with Crippen molar-refractivity contribution in [3.05, 3.63) is 58.8 Å². The number of nitriles is 1. The van der Waals surface area contributed by atoms with Crippen LogP contribution in [0.3, 0.4) is 0 Å². The van der Waals surface area contributed by atoms with Crippen LogP contribution in [0.1, 0.15) is 25.3 Å². The second kappa shape index (κ2) is 7.84. The minimum Gasteiger partial charge on any atom is -0.462 e. The average molecular weight is 429 g/mol. The standard InChI is InChI=1S/C21H21ClN4O4/c1-11(2)30-20(29)21(10-23)15-8-5-13(18(24)27)9-26(15)17(19(25)28)16(21)12-3-6-14(22)7-4-12/h3-9,11,15-17H,1-2H3,(H2,24,27)(H2,25,28)/t15-,16+,17-,21-/m0/s1. The Bertz CT molecular complexity index is 995. The Hall–Kier alpha value is -3.31. The molecule has 30 heavy (non-hydrogen) atoms. The molecule has 9 heteroatoms. The summed E-state index contributed by atoms with van der Waals surface area (Å²) in [5.74, 6) is -3.22. The van der Waals surface area contributed by atoms with E-state index in [4.69, 9.17) is 27.8 Å². The van der Waals surface area contributed by atoms with Crippen LogP contribution in [0.5, 0.6) is 0 Å². The van der Waals surface area contributed by atoms with Gasteiger partial charge in [-0.25, -0.2) is 0 Å². The van der Waals surface area contributed by atoms with Crippen molar-refractivity contribution in [2.75, 3.05) is 0 Å². The molecule has 4 N–H and O–H groups in total. The molecule has 0 spiro atoms. The lowest BCUT2D eigenvalue weighted by atomic mass is 9.68. The lowest BCUT2D eigenvalue weighted by Gasteiger charge is -2.33. The first kappa shape index (κ1) is 21.4. The van der Waals surface area contributed by atoms with Crippen molar-refractivity contribution in [1.82, 2.24) is 4.90 Å². The molecule has 4 atom stereocenters. The highest BCUT2D eigenvalue weighted by Gasteiger charge is 2.66. The maximum atomic E-state index is 13.3. The number of fused-ring (bicyclic) bond motifs is 1. The molecule has 2 aliphatic rings. The van der Waals surface area contributed by atoms with E-state index in [0.29, 0.717) is 10.6 Å². The van der Waals surface area contributed by atoms with E-state index in [1.807, 2.05) is 0 Å². The summed E-state index contributed by atoms with van der Waals surface area (Å²) in [5, 5.41) is 10.7. The van der Waals surface area contributed by atoms with Crippen LogP contribution in [-0.4, -0.2) is 40.9 Å². The molecule has 2 amide bonds. The molecule has 2 aliphatic heterocycles. The Balaban J connectivity index is 2.28. The van der Waals surface area contributed by atoms with E-state index < -0.39 is 47.3 Å². The molecule has 1 aromatic rings. The third-order valence-corrected chi connectivity index (χ3v) is 5.58. The topological polar surface area (TPSA) is 140 Å². The predicted molar refractivity (Wildman–Crippen MR) is 108 cm³/mol. The van der Waals surface area contributed by atoms with Gasteiger partial charge in [-0.1, -0.05) is 29.8 Å². The fourth-order valence-corrected chi connectivity index (χ4v) is 4.26. The second-order valence-electron chi connectivity index (χ2n) is 7.51. The van der Waals surface area contributed by atoms with Gasteiger partial charge in [0.1, 0.15) is 6.04 Å². The fraction of sp³-hybridized carbons (Fsp3) is 0.333. The van der Waals surface area contributed by atoms with E-state index >= 15 is 0 Å². The first-order valence-corrected chi connectivity index (χ1v) is 9.65. The van der Waals surface area contributed by atoms with Crippen LogP contribution in [0.4, 0.5) is 0 Å². The number of hydrogen-bond donors (Lipinski definition) is 2. The number of primary amides is 2. The number of halogens is 1. The van der Waals surface area contributed by atoms with E-state index in [1.54, 1.807) is 38.1 Å². The molecule has 1 saturated heterocycles. The van der Waals surface area contributed by atoms with Crippen LogP contribution in [0.2, 0.25) is 5.02 Å². The molecule has 0 aliphatic carbocycles. The van der Waals surface area contributed by atoms with Gasteiger partial charge in [0.2, 0.25) is 11.8 Å². The van der Waals surface area contributed by atoms with Crippen molar-refractivity contribution >= 4 is 29.4 Å². The highest BCUT2D eigenvalue weighted by Crippen LogP contribution is 2.53. The quantitative estimate of drug-likeness (QED) is 0.678. The molecule has 156 valence electrons. The summed E-state index contributed by atoms with van der Waals surface area (Å²) in [4.78, 5) is 39.0. The van der Waals surface area contributed by atoms with Crippen LogP contribution in [0, 0.1) is 16.7 Å². The summed E-state index contributed by atoms with van der Waals surface area (Å²) in [5.41, 5.74) is 9.95. The number of carbonyl (C=O) groups is 3. The van der Waals surface area contributed by atoms with E-state index in [1.165, 1.54) is 23.3 Å². The zero-order chi connectivity index (χ0) is 22.2. The number of esters is 1. The van der Waals surface area contributed by atoms with Crippen LogP contribution >= 0.6 is 11.6 Å². The minimum atomic E-state index is -1.80. The third kappa shape index (κ3) is 3.31. The molecule has 0 radical (unpaired) electrons. The molecule has 0 aromatic heterocycles. The van der Waals surface area contributed by atoms with Crippen molar-refractivity contribution < 1.29 is 19.1 Å². The van der Waals surface area contributed by atoms with E-state index in [-0.39, 0.29) is 5.57 Å². The van der Waals surface area contributed by atoms with Gasteiger partial charge in [-0.15, -0.1) is 0 Å². The van der Waals surface area contributed by atoms with E-state index in [0.717, 1.165) is 0 Å². The zero-order valence-corrected chi connectivity index (χ0v) is 17.2. The Morgan fingerprint density at radius 3 is 2.37 bits per heavy atom. The van der Waals surface area contributed by atoms with Gasteiger partial charge in [0.15, 0.2) is 5.41 Å². The molecule has 8 nitrogen and oxygen atoms in total. The molecule has 1 aromatic carbocycles. The molecule has 0 unspecified atom stereocenters. The van der Waals surface area contributed by atoms with Crippen LogP contribution in [0.15, 0.2) is 48.2 Å². The SMILES string of the molecule is CC(C)OC(=O)[C@]1(C#N)[C@H](c2ccc(Cl)cc2)[C@@H](C(N)=O)N2C=C(C(N)=O)C=C[C@H]21. The minimum absolute atomic E-state index is 0.123. The molecule has 2 heterocycles. The third-order valence-electron chi connectivity index (χ3n) is 5.33. The normalized spacial score (nSPS) is 27.2. The van der Waals surface area contributed by atoms with Crippen molar-refractivity contribution in [2.24, 2.45) is 16.9 Å². The van der Waals surface area contributed by atoms with Crippen LogP contribution in [0.25, 0.3) is 0 Å². The average Bonchev–Trinajstić information content (AvgIpc) is 2.98. The summed E-state index contributed by atoms with van der Waals surface area (Å²) in [6.45, 7) is 3.33. The summed E-state index contributed by atoms with van der Waals surface area (Å²) in [6, 6.07) is 6.60. The lowest BCUT2D eigenvalue weighted by Crippen LogP contribution is -2.46. The zero-order valence-electron chi connectivity index (χ0n) is 16.4. The van der Waals surface area contributed by atoms with Gasteiger partial charge in [-0.05, 0) is 37.6 Å². The fourth-order valence-electron chi connectivity index (χ4n) is 4.14. The van der Waals surface area contributed by atoms with Crippen LogP contribution in [-0.2, 0) is 19.1 Å². The van der Waals surface area contributed by atoms with Gasteiger partial charge in [0.25, 0.3) is 0 Å². The largest absolute Gasteiger partial charge is 0.462 e. The van der Waals surface area contributed by atoms with Crippen molar-refractivity contribution in [1.29, 1.82) is 5.26 Å². The second-order valence-corrected chi connectivity index (χ2v) is 7.95. The maximum absolute atomic E-state index is 13.3. The van der Waals surface area contributed by atoms with E-state index in [9.17, 15) is 19.6 Å². The Labute approximate surface area is 178 Å². The van der Waals surface area contributed by atoms with Gasteiger partial charge in [0, 0.05) is 17.1 Å². The molecular formula is C21H21ClN4O4. The van der Waals surface area contributed by atoms with Gasteiger partial charge < -0.3 is 21.1 Å². The summed E-state index contributed by atoms with van der Waals surface area (Å²) in [6.07, 6.45) is 3.82. The van der Waals surface area contributed by atoms with Gasteiger partial charge in [0.05, 0.1) is 23.8 Å². The van der Waals surface area contributed by atoms with Crippen molar-refractivity contribution in [3.8, 4) is 6.07 Å². The van der Waals surface area contributed by atoms with Crippen LogP contribution < -0.4 is 11.5 Å². The smallest absolute Gasteiger partial charge is 0.329 e. The highest BCUT2D eigenvalue weighted by molar-refractivity contribution is 6.30. The lowest BCUT2D eigenvalue weighted by molar-refractivity contribution is -0.157. The van der Waals surface area contributed by atoms with Gasteiger partial charge in [-0.3, -0.25) is 14.4 Å². The first-order valence-electron chi connectivity index (χ1n) is 9.27. The van der Waals surface area contributed by atoms with Gasteiger partial charge in [-0.2, -0.15) is 5.26 Å². The van der Waals surface area contributed by atoms with Crippen molar-refractivity contribution in [3.63, 3.8) is 0 Å². The van der Waals surface area contributed by atoms with Gasteiger partial charge >= 0.3 is 5.97 Å². The predicted octanol–water partition coefficient (Wildman–Crippen LogP) is 1.36. The van der Waals surface area contributed by atoms with Crippen molar-refractivity contribution in [2.45, 2.75) is 38.0 Å². The molecule has 1 fully saturated rings. The number of nitrogens with zero attached hydrogens (tertiary/aromatic N) is 2. The summed E-state index contributed by atoms with van der Waals surface area (Å²) < 4.78 is 5.44. The number of hydrogen-bond acceptors (Lipinski definition) is 6. The monoisotopic (exact) mass is 428 g/mol. The number of rotatable bonds is 5. The maximum Gasteiger partial charge on any atom is 0.329 e. The molecule has 0 bridgehead atoms.